The summed E-state index contributed by atoms with van der Waals surface area (Å²) in [7, 11) is 0. The number of nitrogens with zero attached hydrogens (tertiary/aromatic N) is 4. The number of anilines is 1. The van der Waals surface area contributed by atoms with E-state index in [4.69, 9.17) is 0 Å². The molecule has 0 aromatic carbocycles. The van der Waals surface area contributed by atoms with Crippen LogP contribution in [-0.4, -0.2) is 37.5 Å². The van der Waals surface area contributed by atoms with Gasteiger partial charge in [0.25, 0.3) is 0 Å². The topological polar surface area (TPSA) is 75.9 Å². The van der Waals surface area contributed by atoms with Crippen molar-refractivity contribution in [1.29, 1.82) is 0 Å². The van der Waals surface area contributed by atoms with Gasteiger partial charge >= 0.3 is 0 Å². The van der Waals surface area contributed by atoms with E-state index in [9.17, 15) is 5.11 Å². The van der Waals surface area contributed by atoms with Crippen LogP contribution in [0.25, 0.3) is 5.82 Å². The third-order valence-corrected chi connectivity index (χ3v) is 4.31. The zero-order chi connectivity index (χ0) is 15.4. The smallest absolute Gasteiger partial charge is 0.225 e. The summed E-state index contributed by atoms with van der Waals surface area (Å²) in [6.45, 7) is 2.05. The molecule has 0 bridgehead atoms. The van der Waals surface area contributed by atoms with E-state index in [1.165, 1.54) is 19.3 Å². The fourth-order valence-electron chi connectivity index (χ4n) is 3.15. The lowest BCUT2D eigenvalue weighted by molar-refractivity contribution is 0.209. The highest BCUT2D eigenvalue weighted by Crippen LogP contribution is 2.27. The molecule has 118 valence electrons. The van der Waals surface area contributed by atoms with Gasteiger partial charge in [0.05, 0.1) is 12.6 Å². The molecule has 0 saturated heterocycles. The van der Waals surface area contributed by atoms with Crippen LogP contribution in [0, 0.1) is 12.8 Å². The maximum atomic E-state index is 9.73. The van der Waals surface area contributed by atoms with Crippen molar-refractivity contribution in [2.75, 3.05) is 11.9 Å². The van der Waals surface area contributed by atoms with Gasteiger partial charge in [-0.05, 0) is 31.7 Å². The number of hydrogen-bond acceptors (Lipinski definition) is 5. The van der Waals surface area contributed by atoms with E-state index in [-0.39, 0.29) is 12.6 Å². The van der Waals surface area contributed by atoms with Gasteiger partial charge in [0.2, 0.25) is 5.95 Å². The van der Waals surface area contributed by atoms with Crippen LogP contribution in [0.1, 0.15) is 37.8 Å². The van der Waals surface area contributed by atoms with E-state index in [2.05, 4.69) is 20.4 Å². The molecule has 2 aromatic heterocycles. The summed E-state index contributed by atoms with van der Waals surface area (Å²) in [6.07, 6.45) is 9.70. The minimum Gasteiger partial charge on any atom is -0.394 e. The first-order chi connectivity index (χ1) is 10.8. The Morgan fingerprint density at radius 2 is 2.14 bits per heavy atom. The van der Waals surface area contributed by atoms with Crippen molar-refractivity contribution in [2.24, 2.45) is 5.92 Å². The van der Waals surface area contributed by atoms with Crippen molar-refractivity contribution in [2.45, 2.75) is 45.1 Å². The molecule has 1 aliphatic carbocycles. The Morgan fingerprint density at radius 3 is 2.82 bits per heavy atom. The van der Waals surface area contributed by atoms with Gasteiger partial charge in [-0.3, -0.25) is 0 Å². The third kappa shape index (κ3) is 3.44. The zero-order valence-electron chi connectivity index (χ0n) is 12.9. The minimum atomic E-state index is 0.0209. The Bertz CT molecular complexity index is 593. The van der Waals surface area contributed by atoms with Crippen LogP contribution < -0.4 is 5.32 Å². The molecular weight excluding hydrogens is 278 g/mol. The fraction of sp³-hybridized carbons (Fsp3) is 0.562. The van der Waals surface area contributed by atoms with E-state index in [0.717, 1.165) is 24.4 Å². The second kappa shape index (κ2) is 6.87. The zero-order valence-corrected chi connectivity index (χ0v) is 12.9. The van der Waals surface area contributed by atoms with Crippen LogP contribution in [-0.2, 0) is 0 Å². The molecule has 1 aliphatic rings. The second-order valence-corrected chi connectivity index (χ2v) is 5.97. The molecular formula is C16H23N5O. The maximum absolute atomic E-state index is 9.73. The van der Waals surface area contributed by atoms with Gasteiger partial charge in [-0.2, -0.15) is 10.1 Å². The Morgan fingerprint density at radius 1 is 1.32 bits per heavy atom. The van der Waals surface area contributed by atoms with Crippen LogP contribution in [0.5, 0.6) is 0 Å². The van der Waals surface area contributed by atoms with Gasteiger partial charge in [0, 0.05) is 24.2 Å². The third-order valence-electron chi connectivity index (χ3n) is 4.31. The van der Waals surface area contributed by atoms with Crippen LogP contribution >= 0.6 is 0 Å². The Hall–Kier alpha value is -1.95. The van der Waals surface area contributed by atoms with Gasteiger partial charge < -0.3 is 10.4 Å². The molecule has 1 fully saturated rings. The number of aromatic nitrogens is 4. The molecule has 0 radical (unpaired) electrons. The molecule has 1 atom stereocenters. The first kappa shape index (κ1) is 15.0. The molecule has 2 heterocycles. The van der Waals surface area contributed by atoms with Crippen molar-refractivity contribution in [3.63, 3.8) is 0 Å². The van der Waals surface area contributed by atoms with Crippen LogP contribution in [0.15, 0.2) is 24.5 Å². The predicted octanol–water partition coefficient (Wildman–Crippen LogP) is 2.32. The first-order valence-corrected chi connectivity index (χ1v) is 7.99. The first-order valence-electron chi connectivity index (χ1n) is 7.99. The summed E-state index contributed by atoms with van der Waals surface area (Å²) >= 11 is 0. The molecule has 6 nitrogen and oxygen atoms in total. The molecule has 0 unspecified atom stereocenters. The molecule has 0 spiro atoms. The van der Waals surface area contributed by atoms with Gasteiger partial charge in [-0.1, -0.05) is 19.3 Å². The quantitative estimate of drug-likeness (QED) is 0.886. The molecule has 2 aromatic rings. The largest absolute Gasteiger partial charge is 0.394 e. The van der Waals surface area contributed by atoms with Crippen molar-refractivity contribution in [3.05, 3.63) is 30.2 Å². The lowest BCUT2D eigenvalue weighted by atomic mass is 9.84. The number of aryl methyl sites for hydroxylation is 1. The maximum Gasteiger partial charge on any atom is 0.225 e. The van der Waals surface area contributed by atoms with Crippen molar-refractivity contribution in [3.8, 4) is 5.82 Å². The van der Waals surface area contributed by atoms with E-state index < -0.39 is 0 Å². The summed E-state index contributed by atoms with van der Waals surface area (Å²) in [5.41, 5.74) is 0.878. The average Bonchev–Trinajstić information content (AvgIpc) is 3.07. The lowest BCUT2D eigenvalue weighted by Gasteiger charge is -2.29. The SMILES string of the molecule is Cc1cc(-n2cccn2)nc(N[C@@H](CO)C2CCCCC2)n1. The molecule has 2 N–H and O–H groups in total. The number of aliphatic hydroxyl groups is 1. The number of rotatable bonds is 5. The molecule has 0 aliphatic heterocycles. The summed E-state index contributed by atoms with van der Waals surface area (Å²) in [5, 5.41) is 17.3. The van der Waals surface area contributed by atoms with Gasteiger partial charge in [-0.25, -0.2) is 9.67 Å². The summed E-state index contributed by atoms with van der Waals surface area (Å²) < 4.78 is 1.72. The molecule has 22 heavy (non-hydrogen) atoms. The normalized spacial score (nSPS) is 17.4. The highest BCUT2D eigenvalue weighted by atomic mass is 16.3. The van der Waals surface area contributed by atoms with Crippen molar-refractivity contribution in [1.82, 2.24) is 19.7 Å². The van der Waals surface area contributed by atoms with E-state index in [1.807, 2.05) is 25.3 Å². The van der Waals surface area contributed by atoms with Gasteiger partial charge in [0.1, 0.15) is 0 Å². The van der Waals surface area contributed by atoms with E-state index in [0.29, 0.717) is 11.9 Å². The summed E-state index contributed by atoms with van der Waals surface area (Å²) in [5.74, 6) is 1.80. The Balaban J connectivity index is 1.78. The Labute approximate surface area is 130 Å². The van der Waals surface area contributed by atoms with Crippen LogP contribution in [0.4, 0.5) is 5.95 Å². The van der Waals surface area contributed by atoms with Crippen molar-refractivity contribution < 1.29 is 5.11 Å². The van der Waals surface area contributed by atoms with Crippen LogP contribution in [0.3, 0.4) is 0 Å². The second-order valence-electron chi connectivity index (χ2n) is 5.97. The average molecular weight is 301 g/mol. The summed E-state index contributed by atoms with van der Waals surface area (Å²) in [6, 6.07) is 3.78. The van der Waals surface area contributed by atoms with Gasteiger partial charge in [0.15, 0.2) is 5.82 Å². The predicted molar refractivity (Wildman–Crippen MR) is 85.0 cm³/mol. The number of hydrogen-bond donors (Lipinski definition) is 2. The Kier molecular flexibility index (Phi) is 4.68. The fourth-order valence-corrected chi connectivity index (χ4v) is 3.15. The molecule has 1 saturated carbocycles. The highest BCUT2D eigenvalue weighted by Gasteiger charge is 2.23. The minimum absolute atomic E-state index is 0.0209. The van der Waals surface area contributed by atoms with Crippen molar-refractivity contribution >= 4 is 5.95 Å². The molecule has 6 heteroatoms. The highest BCUT2D eigenvalue weighted by molar-refractivity contribution is 5.35. The molecule has 3 rings (SSSR count). The van der Waals surface area contributed by atoms with E-state index in [1.54, 1.807) is 10.9 Å². The monoisotopic (exact) mass is 301 g/mol. The summed E-state index contributed by atoms with van der Waals surface area (Å²) in [4.78, 5) is 8.98. The van der Waals surface area contributed by atoms with Gasteiger partial charge in [-0.15, -0.1) is 0 Å². The van der Waals surface area contributed by atoms with Crippen LogP contribution in [0.2, 0.25) is 0 Å². The standard InChI is InChI=1S/C16H23N5O/c1-12-10-15(21-9-5-8-17-21)20-16(18-12)19-14(11-22)13-6-3-2-4-7-13/h5,8-10,13-14,22H,2-4,6-7,11H2,1H3,(H,18,19,20)/t14-/m0/s1. The number of aliphatic hydroxyl groups excluding tert-OH is 1. The lowest BCUT2D eigenvalue weighted by Crippen LogP contribution is -2.34. The van der Waals surface area contributed by atoms with E-state index >= 15 is 0 Å². The number of nitrogens with one attached hydrogen (secondary N) is 1. The molecule has 0 amide bonds.